The Balaban J connectivity index is 1.95. The van der Waals surface area contributed by atoms with E-state index < -0.39 is 0 Å². The van der Waals surface area contributed by atoms with Gasteiger partial charge in [0.25, 0.3) is 0 Å². The van der Waals surface area contributed by atoms with E-state index in [2.05, 4.69) is 16.0 Å². The summed E-state index contributed by atoms with van der Waals surface area (Å²) in [7, 11) is 0. The zero-order valence-corrected chi connectivity index (χ0v) is 10.5. The van der Waals surface area contributed by atoms with Crippen LogP contribution in [0.4, 0.5) is 5.13 Å². The third-order valence-electron chi connectivity index (χ3n) is 1.97. The van der Waals surface area contributed by atoms with Gasteiger partial charge in [-0.1, -0.05) is 12.1 Å². The first-order chi connectivity index (χ1) is 7.81. The minimum Gasteiger partial charge on any atom is -0.375 e. The van der Waals surface area contributed by atoms with Crippen molar-refractivity contribution in [2.45, 2.75) is 9.37 Å². The fraction of sp³-hybridized carbons (Fsp3) is 0. The molecule has 80 valence electrons. The van der Waals surface area contributed by atoms with Crippen LogP contribution in [-0.4, -0.2) is 9.97 Å². The Morgan fingerprint density at radius 1 is 1.19 bits per heavy atom. The van der Waals surface area contributed by atoms with E-state index >= 15 is 0 Å². The zero-order valence-electron chi connectivity index (χ0n) is 8.08. The van der Waals surface area contributed by atoms with Gasteiger partial charge in [0.05, 0.1) is 10.2 Å². The van der Waals surface area contributed by atoms with Crippen molar-refractivity contribution in [1.82, 2.24) is 9.97 Å². The molecular formula is C10H7N3S3. The summed E-state index contributed by atoms with van der Waals surface area (Å²) in [5, 5.41) is 3.47. The van der Waals surface area contributed by atoms with E-state index in [1.165, 1.54) is 16.0 Å². The van der Waals surface area contributed by atoms with Crippen LogP contribution in [0.1, 0.15) is 0 Å². The Kier molecular flexibility index (Phi) is 2.55. The van der Waals surface area contributed by atoms with Gasteiger partial charge in [-0.2, -0.15) is 0 Å². The SMILES string of the molecule is Nc1nc(Sc2nc3ccccc3s2)cs1. The second-order valence-corrected chi connectivity index (χ2v) is 6.26. The molecule has 2 N–H and O–H groups in total. The van der Waals surface area contributed by atoms with E-state index in [1.807, 2.05) is 23.6 Å². The third kappa shape index (κ3) is 1.91. The van der Waals surface area contributed by atoms with Crippen molar-refractivity contribution >= 4 is 49.8 Å². The fourth-order valence-corrected chi connectivity index (χ4v) is 3.98. The van der Waals surface area contributed by atoms with Gasteiger partial charge in [0.1, 0.15) is 5.03 Å². The van der Waals surface area contributed by atoms with E-state index in [9.17, 15) is 0 Å². The van der Waals surface area contributed by atoms with Crippen molar-refractivity contribution in [3.63, 3.8) is 0 Å². The van der Waals surface area contributed by atoms with Gasteiger partial charge in [0.15, 0.2) is 9.47 Å². The number of fused-ring (bicyclic) bond motifs is 1. The number of anilines is 1. The van der Waals surface area contributed by atoms with Gasteiger partial charge >= 0.3 is 0 Å². The van der Waals surface area contributed by atoms with Crippen LogP contribution in [0.3, 0.4) is 0 Å². The van der Waals surface area contributed by atoms with E-state index in [1.54, 1.807) is 23.1 Å². The van der Waals surface area contributed by atoms with Crippen molar-refractivity contribution in [3.05, 3.63) is 29.6 Å². The lowest BCUT2D eigenvalue weighted by molar-refractivity contribution is 1.20. The van der Waals surface area contributed by atoms with Crippen LogP contribution in [0.25, 0.3) is 10.2 Å². The number of nitrogen functional groups attached to an aromatic ring is 1. The Bertz CT molecular complexity index is 596. The molecule has 0 amide bonds. The van der Waals surface area contributed by atoms with Crippen LogP contribution in [-0.2, 0) is 0 Å². The molecule has 0 bridgehead atoms. The summed E-state index contributed by atoms with van der Waals surface area (Å²) < 4.78 is 2.21. The fourth-order valence-electron chi connectivity index (χ4n) is 1.30. The Labute approximate surface area is 104 Å². The Morgan fingerprint density at radius 2 is 2.06 bits per heavy atom. The molecule has 3 aromatic rings. The molecule has 6 heteroatoms. The van der Waals surface area contributed by atoms with Crippen molar-refractivity contribution in [3.8, 4) is 0 Å². The molecular weight excluding hydrogens is 258 g/mol. The molecule has 0 unspecified atom stereocenters. The molecule has 3 rings (SSSR count). The lowest BCUT2D eigenvalue weighted by Crippen LogP contribution is -1.80. The summed E-state index contributed by atoms with van der Waals surface area (Å²) in [5.74, 6) is 0. The molecule has 3 nitrogen and oxygen atoms in total. The van der Waals surface area contributed by atoms with Gasteiger partial charge in [-0.15, -0.1) is 22.7 Å². The van der Waals surface area contributed by atoms with Crippen LogP contribution in [0.5, 0.6) is 0 Å². The van der Waals surface area contributed by atoms with E-state index in [4.69, 9.17) is 5.73 Å². The quantitative estimate of drug-likeness (QED) is 0.770. The van der Waals surface area contributed by atoms with Crippen LogP contribution >= 0.6 is 34.4 Å². The summed E-state index contributed by atoms with van der Waals surface area (Å²) in [6.45, 7) is 0. The molecule has 1 aromatic carbocycles. The Morgan fingerprint density at radius 3 is 2.81 bits per heavy atom. The van der Waals surface area contributed by atoms with Crippen molar-refractivity contribution in [1.29, 1.82) is 0 Å². The first-order valence-corrected chi connectivity index (χ1v) is 7.07. The smallest absolute Gasteiger partial charge is 0.181 e. The zero-order chi connectivity index (χ0) is 11.0. The van der Waals surface area contributed by atoms with Gasteiger partial charge < -0.3 is 5.73 Å². The topological polar surface area (TPSA) is 51.8 Å². The normalized spacial score (nSPS) is 11.0. The second kappa shape index (κ2) is 4.04. The molecule has 0 aliphatic heterocycles. The number of thiazole rings is 2. The van der Waals surface area contributed by atoms with Crippen LogP contribution in [0.2, 0.25) is 0 Å². The van der Waals surface area contributed by atoms with Crippen molar-refractivity contribution in [2.24, 2.45) is 0 Å². The number of hydrogen-bond acceptors (Lipinski definition) is 6. The number of nitrogens with zero attached hydrogens (tertiary/aromatic N) is 2. The highest BCUT2D eigenvalue weighted by atomic mass is 32.2. The van der Waals surface area contributed by atoms with Gasteiger partial charge in [0.2, 0.25) is 0 Å². The van der Waals surface area contributed by atoms with Crippen LogP contribution in [0, 0.1) is 0 Å². The average Bonchev–Trinajstić information content (AvgIpc) is 2.84. The third-order valence-corrected chi connectivity index (χ3v) is 4.81. The first-order valence-electron chi connectivity index (χ1n) is 4.56. The monoisotopic (exact) mass is 265 g/mol. The molecule has 0 fully saturated rings. The minimum absolute atomic E-state index is 0.601. The summed E-state index contributed by atoms with van der Waals surface area (Å²) in [5.41, 5.74) is 6.62. The van der Waals surface area contributed by atoms with E-state index in [0.717, 1.165) is 14.9 Å². The molecule has 0 saturated heterocycles. The van der Waals surface area contributed by atoms with Gasteiger partial charge in [-0.25, -0.2) is 9.97 Å². The highest BCUT2D eigenvalue weighted by molar-refractivity contribution is 8.01. The predicted molar refractivity (Wildman–Crippen MR) is 70.3 cm³/mol. The minimum atomic E-state index is 0.601. The standard InChI is InChI=1S/C10H7N3S3/c11-9-13-8(5-14-9)16-10-12-6-3-1-2-4-7(6)15-10/h1-5H,(H2,11,13). The molecule has 0 spiro atoms. The van der Waals surface area contributed by atoms with Crippen LogP contribution in [0.15, 0.2) is 39.0 Å². The molecule has 0 radical (unpaired) electrons. The number of benzene rings is 1. The molecule has 2 heterocycles. The van der Waals surface area contributed by atoms with Crippen molar-refractivity contribution < 1.29 is 0 Å². The number of nitrogens with two attached hydrogens (primary N) is 1. The van der Waals surface area contributed by atoms with Crippen molar-refractivity contribution in [2.75, 3.05) is 5.73 Å². The van der Waals surface area contributed by atoms with E-state index in [-0.39, 0.29) is 0 Å². The molecule has 0 saturated carbocycles. The lowest BCUT2D eigenvalue weighted by atomic mass is 10.3. The first kappa shape index (κ1) is 10.1. The highest BCUT2D eigenvalue weighted by Crippen LogP contribution is 2.34. The number of aromatic nitrogens is 2. The average molecular weight is 265 g/mol. The van der Waals surface area contributed by atoms with Crippen LogP contribution < -0.4 is 5.73 Å². The van der Waals surface area contributed by atoms with Gasteiger partial charge in [-0.05, 0) is 23.9 Å². The number of para-hydroxylation sites is 1. The van der Waals surface area contributed by atoms with Gasteiger partial charge in [-0.3, -0.25) is 0 Å². The van der Waals surface area contributed by atoms with Gasteiger partial charge in [0, 0.05) is 5.38 Å². The molecule has 0 aliphatic carbocycles. The summed E-state index contributed by atoms with van der Waals surface area (Å²) >= 11 is 4.69. The summed E-state index contributed by atoms with van der Waals surface area (Å²) in [6, 6.07) is 8.12. The number of hydrogen-bond donors (Lipinski definition) is 1. The predicted octanol–water partition coefficient (Wildman–Crippen LogP) is 3.49. The maximum absolute atomic E-state index is 5.58. The summed E-state index contributed by atoms with van der Waals surface area (Å²) in [6.07, 6.45) is 0. The lowest BCUT2D eigenvalue weighted by Gasteiger charge is -1.88. The largest absolute Gasteiger partial charge is 0.375 e. The highest BCUT2D eigenvalue weighted by Gasteiger charge is 2.07. The second-order valence-electron chi connectivity index (χ2n) is 3.07. The molecule has 0 atom stereocenters. The Hall–Kier alpha value is -1.11. The number of rotatable bonds is 2. The maximum atomic E-state index is 5.58. The summed E-state index contributed by atoms with van der Waals surface area (Å²) in [4.78, 5) is 8.72. The maximum Gasteiger partial charge on any atom is 0.181 e. The molecule has 16 heavy (non-hydrogen) atoms. The van der Waals surface area contributed by atoms with E-state index in [0.29, 0.717) is 5.13 Å². The molecule has 2 aromatic heterocycles. The molecule has 0 aliphatic rings.